The molecule has 1 aromatic carbocycles. The first-order valence-corrected chi connectivity index (χ1v) is 6.79. The van der Waals surface area contributed by atoms with Crippen LogP contribution < -0.4 is 0 Å². The first-order valence-electron chi connectivity index (χ1n) is 4.34. The van der Waals surface area contributed by atoms with Crippen LogP contribution in [0.2, 0.25) is 0 Å². The highest BCUT2D eigenvalue weighted by Crippen LogP contribution is 2.37. The summed E-state index contributed by atoms with van der Waals surface area (Å²) in [5, 5.41) is 0.205. The topological polar surface area (TPSA) is 17.1 Å². The lowest BCUT2D eigenvalue weighted by Crippen LogP contribution is -2.25. The molecule has 0 aliphatic carbocycles. The van der Waals surface area contributed by atoms with Crippen LogP contribution in [0.25, 0.3) is 0 Å². The van der Waals surface area contributed by atoms with E-state index in [-0.39, 0.29) is 5.12 Å². The molecule has 14 heavy (non-hydrogen) atoms. The fourth-order valence-electron chi connectivity index (χ4n) is 1.27. The van der Waals surface area contributed by atoms with Gasteiger partial charge >= 0.3 is 0 Å². The van der Waals surface area contributed by atoms with E-state index >= 15 is 0 Å². The molecule has 0 unspecified atom stereocenters. The van der Waals surface area contributed by atoms with Gasteiger partial charge in [-0.1, -0.05) is 42.1 Å². The Kier molecular flexibility index (Phi) is 4.08. The fraction of sp³-hybridized carbons (Fsp3) is 0.364. The van der Waals surface area contributed by atoms with Crippen LogP contribution in [-0.2, 0) is 9.54 Å². The molecule has 1 nitrogen and oxygen atoms in total. The molecule has 0 aliphatic heterocycles. The van der Waals surface area contributed by atoms with Crippen LogP contribution in [0.1, 0.15) is 12.5 Å². The lowest BCUT2D eigenvalue weighted by Gasteiger charge is -2.25. The maximum Gasteiger partial charge on any atom is 0.208 e. The van der Waals surface area contributed by atoms with Gasteiger partial charge in [-0.25, -0.2) is 0 Å². The molecule has 0 spiro atoms. The van der Waals surface area contributed by atoms with E-state index in [9.17, 15) is 4.79 Å². The van der Waals surface area contributed by atoms with E-state index in [1.807, 2.05) is 49.8 Å². The minimum absolute atomic E-state index is 0.205. The van der Waals surface area contributed by atoms with Crippen molar-refractivity contribution in [2.45, 2.75) is 11.7 Å². The molecule has 0 saturated carbocycles. The van der Waals surface area contributed by atoms with Crippen LogP contribution in [0.4, 0.5) is 0 Å². The Morgan fingerprint density at radius 2 is 1.79 bits per heavy atom. The van der Waals surface area contributed by atoms with Gasteiger partial charge in [-0.15, -0.1) is 11.8 Å². The van der Waals surface area contributed by atoms with Crippen molar-refractivity contribution in [2.24, 2.45) is 0 Å². The van der Waals surface area contributed by atoms with Crippen molar-refractivity contribution < 1.29 is 4.79 Å². The summed E-state index contributed by atoms with van der Waals surface area (Å²) in [5.41, 5.74) is 1.08. The zero-order valence-electron chi connectivity index (χ0n) is 8.61. The van der Waals surface area contributed by atoms with Crippen molar-refractivity contribution in [3.63, 3.8) is 0 Å². The van der Waals surface area contributed by atoms with Crippen molar-refractivity contribution in [1.29, 1.82) is 0 Å². The molecule has 0 bridgehead atoms. The van der Waals surface area contributed by atoms with Crippen molar-refractivity contribution in [2.75, 3.05) is 12.5 Å². The van der Waals surface area contributed by atoms with Gasteiger partial charge in [-0.05, 0) is 25.0 Å². The third kappa shape index (κ3) is 2.15. The SMILES string of the molecule is CSC(=O)[C@](C)(SC)c1ccccc1. The Balaban J connectivity index is 3.08. The average molecular weight is 226 g/mol. The number of thioether (sulfide) groups is 2. The quantitative estimate of drug-likeness (QED) is 0.788. The highest BCUT2D eigenvalue weighted by atomic mass is 32.2. The Labute approximate surface area is 93.7 Å². The molecule has 0 amide bonds. The summed E-state index contributed by atoms with van der Waals surface area (Å²) in [6.45, 7) is 1.98. The molecule has 0 aromatic heterocycles. The van der Waals surface area contributed by atoms with Gasteiger partial charge in [0.25, 0.3) is 0 Å². The largest absolute Gasteiger partial charge is 0.285 e. The van der Waals surface area contributed by atoms with Crippen LogP contribution in [0.15, 0.2) is 30.3 Å². The zero-order valence-corrected chi connectivity index (χ0v) is 10.2. The van der Waals surface area contributed by atoms with Gasteiger partial charge in [0.1, 0.15) is 4.75 Å². The summed E-state index contributed by atoms with van der Waals surface area (Å²) in [5.74, 6) is 0. The second-order valence-corrected chi connectivity index (χ2v) is 5.10. The van der Waals surface area contributed by atoms with E-state index in [4.69, 9.17) is 0 Å². The molecule has 0 heterocycles. The number of rotatable bonds is 3. The van der Waals surface area contributed by atoms with Gasteiger partial charge in [-0.2, -0.15) is 0 Å². The summed E-state index contributed by atoms with van der Waals surface area (Å²) in [6, 6.07) is 9.91. The molecule has 3 heteroatoms. The van der Waals surface area contributed by atoms with Gasteiger partial charge in [0.05, 0.1) is 0 Å². The fourth-order valence-corrected chi connectivity index (χ4v) is 2.82. The van der Waals surface area contributed by atoms with Crippen LogP contribution in [0.5, 0.6) is 0 Å². The number of hydrogen-bond donors (Lipinski definition) is 0. The highest BCUT2D eigenvalue weighted by Gasteiger charge is 2.33. The van der Waals surface area contributed by atoms with Gasteiger partial charge in [-0.3, -0.25) is 4.79 Å². The van der Waals surface area contributed by atoms with Gasteiger partial charge in [0.15, 0.2) is 0 Å². The predicted octanol–water partition coefficient (Wildman–Crippen LogP) is 3.15. The van der Waals surface area contributed by atoms with Crippen molar-refractivity contribution in [3.8, 4) is 0 Å². The van der Waals surface area contributed by atoms with Gasteiger partial charge in [0, 0.05) is 0 Å². The second kappa shape index (κ2) is 4.89. The standard InChI is InChI=1S/C11H14OS2/c1-11(14-3,10(12)13-2)9-7-5-4-6-8-9/h4-8H,1-3H3/t11-/m1/s1. The molecule has 0 saturated heterocycles. The molecular weight excluding hydrogens is 212 g/mol. The molecule has 76 valence electrons. The van der Waals surface area contributed by atoms with E-state index in [2.05, 4.69) is 0 Å². The second-order valence-electron chi connectivity index (χ2n) is 3.09. The van der Waals surface area contributed by atoms with Crippen LogP contribution in [0, 0.1) is 0 Å². The van der Waals surface area contributed by atoms with Crippen molar-refractivity contribution in [3.05, 3.63) is 35.9 Å². The summed E-state index contributed by atoms with van der Waals surface area (Å²) in [7, 11) is 0. The summed E-state index contributed by atoms with van der Waals surface area (Å²) in [4.78, 5) is 11.8. The summed E-state index contributed by atoms with van der Waals surface area (Å²) < 4.78 is -0.416. The molecular formula is C11H14OS2. The third-order valence-corrected chi connectivity index (χ3v) is 4.45. The van der Waals surface area contributed by atoms with Gasteiger partial charge < -0.3 is 0 Å². The van der Waals surface area contributed by atoms with E-state index in [1.165, 1.54) is 11.8 Å². The minimum Gasteiger partial charge on any atom is -0.285 e. The molecule has 0 fully saturated rings. The number of carbonyl (C=O) groups excluding carboxylic acids is 1. The lowest BCUT2D eigenvalue weighted by atomic mass is 10.0. The molecule has 0 radical (unpaired) electrons. The van der Waals surface area contributed by atoms with Gasteiger partial charge in [0.2, 0.25) is 5.12 Å². The Bertz CT molecular complexity index is 310. The monoisotopic (exact) mass is 226 g/mol. The molecule has 1 atom stereocenters. The molecule has 1 aromatic rings. The van der Waals surface area contributed by atoms with Crippen LogP contribution in [-0.4, -0.2) is 17.6 Å². The molecule has 1 rings (SSSR count). The smallest absolute Gasteiger partial charge is 0.208 e. The maximum absolute atomic E-state index is 11.8. The molecule has 0 aliphatic rings. The maximum atomic E-state index is 11.8. The van der Waals surface area contributed by atoms with Crippen LogP contribution in [0.3, 0.4) is 0 Å². The van der Waals surface area contributed by atoms with Crippen molar-refractivity contribution in [1.82, 2.24) is 0 Å². The van der Waals surface area contributed by atoms with Crippen LogP contribution >= 0.6 is 23.5 Å². The lowest BCUT2D eigenvalue weighted by molar-refractivity contribution is -0.112. The number of benzene rings is 1. The summed E-state index contributed by atoms with van der Waals surface area (Å²) >= 11 is 2.88. The normalized spacial score (nSPS) is 14.8. The minimum atomic E-state index is -0.416. The van der Waals surface area contributed by atoms with E-state index < -0.39 is 4.75 Å². The van der Waals surface area contributed by atoms with E-state index in [1.54, 1.807) is 11.8 Å². The highest BCUT2D eigenvalue weighted by molar-refractivity contribution is 8.15. The number of hydrogen-bond acceptors (Lipinski definition) is 3. The summed E-state index contributed by atoms with van der Waals surface area (Å²) in [6.07, 6.45) is 3.81. The Hall–Kier alpha value is -0.410. The first kappa shape index (κ1) is 11.7. The Morgan fingerprint density at radius 3 is 2.21 bits per heavy atom. The molecule has 0 N–H and O–H groups in total. The predicted molar refractivity (Wildman–Crippen MR) is 65.8 cm³/mol. The van der Waals surface area contributed by atoms with Crippen molar-refractivity contribution >= 4 is 28.6 Å². The zero-order chi connectivity index (χ0) is 10.6. The number of carbonyl (C=O) groups is 1. The Morgan fingerprint density at radius 1 is 1.21 bits per heavy atom. The average Bonchev–Trinajstić information content (AvgIpc) is 2.28. The third-order valence-electron chi connectivity index (χ3n) is 2.31. The van der Waals surface area contributed by atoms with E-state index in [0.717, 1.165) is 5.56 Å². The first-order chi connectivity index (χ1) is 6.65. The van der Waals surface area contributed by atoms with E-state index in [0.29, 0.717) is 0 Å².